The van der Waals surface area contributed by atoms with Crippen molar-refractivity contribution in [3.63, 3.8) is 0 Å². The molecule has 0 atom stereocenters. The molecule has 0 radical (unpaired) electrons. The van der Waals surface area contributed by atoms with E-state index < -0.39 is 24.4 Å². The van der Waals surface area contributed by atoms with Crippen LogP contribution in [0.5, 0.6) is 0 Å². The molecule has 0 aromatic heterocycles. The molecule has 0 fully saturated rings. The molecule has 29 heavy (non-hydrogen) atoms. The first-order chi connectivity index (χ1) is 13.9. The van der Waals surface area contributed by atoms with E-state index in [-0.39, 0.29) is 18.1 Å². The van der Waals surface area contributed by atoms with Crippen LogP contribution in [-0.2, 0) is 23.9 Å². The zero-order chi connectivity index (χ0) is 20.8. The van der Waals surface area contributed by atoms with Gasteiger partial charge in [-0.25, -0.2) is 4.79 Å². The molecule has 0 saturated carbocycles. The molecule has 0 aliphatic carbocycles. The molecular formula is C21H19N3O5. The molecular weight excluding hydrogens is 374 g/mol. The third kappa shape index (κ3) is 5.07. The van der Waals surface area contributed by atoms with E-state index in [1.54, 1.807) is 48.5 Å². The van der Waals surface area contributed by atoms with Gasteiger partial charge in [0.25, 0.3) is 5.91 Å². The summed E-state index contributed by atoms with van der Waals surface area (Å²) in [4.78, 5) is 49.5. The summed E-state index contributed by atoms with van der Waals surface area (Å²) in [5.41, 5.74) is 1.62. The van der Waals surface area contributed by atoms with Crippen LogP contribution >= 0.6 is 0 Å². The predicted molar refractivity (Wildman–Crippen MR) is 107 cm³/mol. The van der Waals surface area contributed by atoms with E-state index in [0.29, 0.717) is 16.9 Å². The van der Waals surface area contributed by atoms with Gasteiger partial charge in [0.2, 0.25) is 11.8 Å². The van der Waals surface area contributed by atoms with Gasteiger partial charge in [0.1, 0.15) is 12.2 Å². The van der Waals surface area contributed by atoms with Gasteiger partial charge in [-0.1, -0.05) is 42.5 Å². The van der Waals surface area contributed by atoms with Crippen LogP contribution in [0.15, 0.2) is 60.3 Å². The molecule has 3 rings (SSSR count). The first kappa shape index (κ1) is 19.8. The summed E-state index contributed by atoms with van der Waals surface area (Å²) in [7, 11) is 0. The van der Waals surface area contributed by atoms with Crippen LogP contribution in [0.1, 0.15) is 12.5 Å². The van der Waals surface area contributed by atoms with Gasteiger partial charge in [-0.3, -0.25) is 19.3 Å². The van der Waals surface area contributed by atoms with Crippen LogP contribution in [0.3, 0.4) is 0 Å². The van der Waals surface area contributed by atoms with Gasteiger partial charge < -0.3 is 15.4 Å². The number of benzene rings is 2. The highest BCUT2D eigenvalue weighted by atomic mass is 16.5. The first-order valence-electron chi connectivity index (χ1n) is 8.85. The number of ether oxygens (including phenoxy) is 1. The Morgan fingerprint density at radius 3 is 2.52 bits per heavy atom. The molecule has 0 bridgehead atoms. The smallest absolute Gasteiger partial charge is 0.355 e. The zero-order valence-corrected chi connectivity index (χ0v) is 15.7. The van der Waals surface area contributed by atoms with Crippen LogP contribution in [0.4, 0.5) is 11.4 Å². The summed E-state index contributed by atoms with van der Waals surface area (Å²) in [5.74, 6) is -2.20. The highest BCUT2D eigenvalue weighted by molar-refractivity contribution is 6.10. The quantitative estimate of drug-likeness (QED) is 0.594. The molecule has 0 saturated heterocycles. The highest BCUT2D eigenvalue weighted by Gasteiger charge is 2.27. The van der Waals surface area contributed by atoms with E-state index in [1.165, 1.54) is 17.9 Å². The minimum Gasteiger partial charge on any atom is -0.451 e. The van der Waals surface area contributed by atoms with Crippen molar-refractivity contribution in [3.05, 3.63) is 65.9 Å². The number of nitrogens with one attached hydrogen (secondary N) is 2. The Morgan fingerprint density at radius 1 is 1.10 bits per heavy atom. The lowest BCUT2D eigenvalue weighted by molar-refractivity contribution is -0.144. The number of carbonyl (C=O) groups excluding carboxylic acids is 4. The summed E-state index contributed by atoms with van der Waals surface area (Å²) in [5, 5.41) is 5.09. The molecule has 2 N–H and O–H groups in total. The zero-order valence-electron chi connectivity index (χ0n) is 15.7. The average molecular weight is 393 g/mol. The molecule has 3 amide bonds. The molecule has 8 nitrogen and oxygen atoms in total. The second-order valence-electron chi connectivity index (χ2n) is 6.27. The van der Waals surface area contributed by atoms with Crippen LogP contribution < -0.4 is 15.5 Å². The van der Waals surface area contributed by atoms with Gasteiger partial charge in [-0.15, -0.1) is 0 Å². The number of amides is 3. The minimum absolute atomic E-state index is 0.0895. The maximum absolute atomic E-state index is 12.6. The number of esters is 1. The normalized spacial score (nSPS) is 13.2. The standard InChI is InChI=1S/C21H19N3O5/c1-14(25)22-17(11-15-7-3-2-4-8-15)21(28)29-13-20(27)24-12-19(26)23-16-9-5-6-10-18(16)24/h2-11H,12-13H2,1H3,(H,22,25)(H,23,26). The van der Waals surface area contributed by atoms with Crippen molar-refractivity contribution in [1.82, 2.24) is 5.32 Å². The molecule has 1 heterocycles. The Balaban J connectivity index is 1.71. The van der Waals surface area contributed by atoms with Crippen molar-refractivity contribution >= 4 is 41.1 Å². The van der Waals surface area contributed by atoms with E-state index in [4.69, 9.17) is 4.74 Å². The minimum atomic E-state index is -0.854. The Labute approximate surface area is 167 Å². The van der Waals surface area contributed by atoms with E-state index in [2.05, 4.69) is 10.6 Å². The third-order valence-electron chi connectivity index (χ3n) is 4.04. The SMILES string of the molecule is CC(=O)NC(=Cc1ccccc1)C(=O)OCC(=O)N1CC(=O)Nc2ccccc21. The lowest BCUT2D eigenvalue weighted by atomic mass is 10.2. The first-order valence-corrected chi connectivity index (χ1v) is 8.85. The maximum atomic E-state index is 12.6. The number of carbonyl (C=O) groups is 4. The lowest BCUT2D eigenvalue weighted by Crippen LogP contribution is -2.44. The van der Waals surface area contributed by atoms with Crippen molar-refractivity contribution in [2.45, 2.75) is 6.92 Å². The van der Waals surface area contributed by atoms with Crippen molar-refractivity contribution < 1.29 is 23.9 Å². The molecule has 0 unspecified atom stereocenters. The number of hydrogen-bond acceptors (Lipinski definition) is 5. The molecule has 2 aromatic rings. The van der Waals surface area contributed by atoms with Crippen molar-refractivity contribution in [2.75, 3.05) is 23.4 Å². The Bertz CT molecular complexity index is 985. The highest BCUT2D eigenvalue weighted by Crippen LogP contribution is 2.28. The Morgan fingerprint density at radius 2 is 1.79 bits per heavy atom. The Kier molecular flexibility index (Phi) is 6.03. The molecule has 148 valence electrons. The number of nitrogens with zero attached hydrogens (tertiary/aromatic N) is 1. The fourth-order valence-electron chi connectivity index (χ4n) is 2.79. The maximum Gasteiger partial charge on any atom is 0.355 e. The predicted octanol–water partition coefficient (Wildman–Crippen LogP) is 1.69. The second kappa shape index (κ2) is 8.83. The number of anilines is 2. The average Bonchev–Trinajstić information content (AvgIpc) is 2.71. The fraction of sp³-hybridized carbons (Fsp3) is 0.143. The van der Waals surface area contributed by atoms with Crippen molar-refractivity contribution in [1.29, 1.82) is 0 Å². The van der Waals surface area contributed by atoms with Crippen LogP contribution in [-0.4, -0.2) is 36.8 Å². The summed E-state index contributed by atoms with van der Waals surface area (Å²) in [6, 6.07) is 15.7. The molecule has 1 aliphatic heterocycles. The van der Waals surface area contributed by atoms with Crippen LogP contribution in [0.25, 0.3) is 6.08 Å². The van der Waals surface area contributed by atoms with Gasteiger partial charge in [0.15, 0.2) is 6.61 Å². The van der Waals surface area contributed by atoms with E-state index >= 15 is 0 Å². The molecule has 8 heteroatoms. The van der Waals surface area contributed by atoms with Gasteiger partial charge in [0, 0.05) is 6.92 Å². The van der Waals surface area contributed by atoms with Crippen molar-refractivity contribution in [2.24, 2.45) is 0 Å². The van der Waals surface area contributed by atoms with Crippen LogP contribution in [0.2, 0.25) is 0 Å². The number of para-hydroxylation sites is 2. The van der Waals surface area contributed by atoms with E-state index in [9.17, 15) is 19.2 Å². The molecule has 0 spiro atoms. The fourth-order valence-corrected chi connectivity index (χ4v) is 2.79. The molecule has 2 aromatic carbocycles. The monoisotopic (exact) mass is 393 g/mol. The second-order valence-corrected chi connectivity index (χ2v) is 6.27. The summed E-state index contributed by atoms with van der Waals surface area (Å²) < 4.78 is 5.10. The summed E-state index contributed by atoms with van der Waals surface area (Å²) in [6.07, 6.45) is 1.46. The third-order valence-corrected chi connectivity index (χ3v) is 4.04. The number of hydrogen-bond donors (Lipinski definition) is 2. The van der Waals surface area contributed by atoms with Gasteiger partial charge >= 0.3 is 5.97 Å². The summed E-state index contributed by atoms with van der Waals surface area (Å²) >= 11 is 0. The Hall–Kier alpha value is -3.94. The summed E-state index contributed by atoms with van der Waals surface area (Å²) in [6.45, 7) is 0.512. The van der Waals surface area contributed by atoms with Gasteiger partial charge in [-0.2, -0.15) is 0 Å². The largest absolute Gasteiger partial charge is 0.451 e. The van der Waals surface area contributed by atoms with E-state index in [0.717, 1.165) is 0 Å². The van der Waals surface area contributed by atoms with Gasteiger partial charge in [-0.05, 0) is 23.8 Å². The van der Waals surface area contributed by atoms with Crippen molar-refractivity contribution in [3.8, 4) is 0 Å². The molecule has 1 aliphatic rings. The topological polar surface area (TPSA) is 105 Å². The lowest BCUT2D eigenvalue weighted by Gasteiger charge is -2.28. The van der Waals surface area contributed by atoms with Crippen LogP contribution in [0, 0.1) is 0 Å². The van der Waals surface area contributed by atoms with E-state index in [1.807, 2.05) is 6.07 Å². The van der Waals surface area contributed by atoms with Gasteiger partial charge in [0.05, 0.1) is 11.4 Å². The number of rotatable bonds is 5. The number of fused-ring (bicyclic) bond motifs is 1.